The molecule has 1 aromatic heterocycles. The quantitative estimate of drug-likeness (QED) is 0.306. The fraction of sp³-hybridized carbons (Fsp3) is 0.600. The summed E-state index contributed by atoms with van der Waals surface area (Å²) < 4.78 is 16.5. The molecular weight excluding hydrogens is 466 g/mol. The van der Waals surface area contributed by atoms with E-state index >= 15 is 0 Å². The topological polar surface area (TPSA) is 72.9 Å². The maximum Gasteiger partial charge on any atom is 0.306 e. The van der Waals surface area contributed by atoms with Crippen molar-refractivity contribution < 1.29 is 19.0 Å². The minimum absolute atomic E-state index is 0.0649. The zero-order valence-electron chi connectivity index (χ0n) is 22.7. The lowest BCUT2D eigenvalue weighted by Gasteiger charge is -2.24. The summed E-state index contributed by atoms with van der Waals surface area (Å²) in [5.41, 5.74) is 3.64. The molecule has 4 rings (SSSR count). The number of anilines is 1. The predicted octanol–water partition coefficient (Wildman–Crippen LogP) is 4.84. The van der Waals surface area contributed by atoms with E-state index in [1.165, 1.54) is 31.2 Å². The number of carbonyl (C=O) groups excluding carboxylic acids is 1. The second-order valence-electron chi connectivity index (χ2n) is 10.6. The number of fused-ring (bicyclic) bond motifs is 1. The largest absolute Gasteiger partial charge is 0.491 e. The van der Waals surface area contributed by atoms with Gasteiger partial charge in [0.2, 0.25) is 0 Å². The van der Waals surface area contributed by atoms with Crippen molar-refractivity contribution in [3.05, 3.63) is 53.2 Å². The summed E-state index contributed by atoms with van der Waals surface area (Å²) >= 11 is 0. The number of carbonyl (C=O) groups is 1. The highest BCUT2D eigenvalue weighted by Gasteiger charge is 2.27. The Balaban J connectivity index is 1.31. The van der Waals surface area contributed by atoms with Crippen LogP contribution in [0.1, 0.15) is 62.3 Å². The molecule has 0 spiro atoms. The normalized spacial score (nSPS) is 18.3. The standard InChI is InChI=1S/C30H43N3O4/c1-22(2)36-16-17-37-28-8-4-6-25(18-28)26(19-29(34)35-3)21-33-15-13-23(20-33)9-11-27-12-10-24-7-5-14-31-30(24)32-27/h4,6,8,10,12,18,22-23,26H,5,7,9,11,13-17,19-21H2,1-3H3,(H,31,32). The van der Waals surface area contributed by atoms with Crippen molar-refractivity contribution in [2.75, 3.05) is 51.8 Å². The molecule has 7 nitrogen and oxygen atoms in total. The minimum Gasteiger partial charge on any atom is -0.491 e. The van der Waals surface area contributed by atoms with Crippen molar-refractivity contribution in [2.24, 2.45) is 5.92 Å². The van der Waals surface area contributed by atoms with Crippen LogP contribution in [0.4, 0.5) is 5.82 Å². The van der Waals surface area contributed by atoms with Crippen LogP contribution < -0.4 is 10.1 Å². The lowest BCUT2D eigenvalue weighted by Crippen LogP contribution is -2.28. The molecule has 3 heterocycles. The molecule has 2 unspecified atom stereocenters. The van der Waals surface area contributed by atoms with E-state index in [1.807, 2.05) is 26.0 Å². The van der Waals surface area contributed by atoms with Gasteiger partial charge in [0, 0.05) is 31.2 Å². The van der Waals surface area contributed by atoms with Crippen molar-refractivity contribution in [3.63, 3.8) is 0 Å². The SMILES string of the molecule is COC(=O)CC(CN1CCC(CCc2ccc3c(n2)NCCC3)C1)c1cccc(OCCOC(C)C)c1. The van der Waals surface area contributed by atoms with Crippen LogP contribution in [0.2, 0.25) is 0 Å². The summed E-state index contributed by atoms with van der Waals surface area (Å²) in [5.74, 6) is 2.44. The van der Waals surface area contributed by atoms with E-state index in [2.05, 4.69) is 34.5 Å². The number of benzene rings is 1. The number of hydrogen-bond acceptors (Lipinski definition) is 7. The molecule has 0 aliphatic carbocycles. The second kappa shape index (κ2) is 13.8. The first-order valence-electron chi connectivity index (χ1n) is 13.9. The highest BCUT2D eigenvalue weighted by Crippen LogP contribution is 2.29. The molecule has 0 saturated carbocycles. The van der Waals surface area contributed by atoms with Gasteiger partial charge in [-0.05, 0) is 87.7 Å². The summed E-state index contributed by atoms with van der Waals surface area (Å²) in [6, 6.07) is 12.6. The number of rotatable bonds is 13. The van der Waals surface area contributed by atoms with Crippen molar-refractivity contribution in [1.29, 1.82) is 0 Å². The summed E-state index contributed by atoms with van der Waals surface area (Å²) in [6.45, 7) is 9.08. The molecule has 0 bridgehead atoms. The molecule has 7 heteroatoms. The zero-order chi connectivity index (χ0) is 26.0. The van der Waals surface area contributed by atoms with Crippen molar-refractivity contribution in [1.82, 2.24) is 9.88 Å². The first-order valence-corrected chi connectivity index (χ1v) is 13.9. The van der Waals surface area contributed by atoms with E-state index in [0.717, 1.165) is 62.6 Å². The van der Waals surface area contributed by atoms with Crippen LogP contribution in [-0.2, 0) is 27.1 Å². The third-order valence-corrected chi connectivity index (χ3v) is 7.38. The number of hydrogen-bond donors (Lipinski definition) is 1. The predicted molar refractivity (Wildman–Crippen MR) is 146 cm³/mol. The average Bonchev–Trinajstić information content (AvgIpc) is 3.36. The molecule has 2 atom stereocenters. The Labute approximate surface area is 221 Å². The number of nitrogens with zero attached hydrogens (tertiary/aromatic N) is 2. The van der Waals surface area contributed by atoms with Gasteiger partial charge in [0.1, 0.15) is 18.2 Å². The number of nitrogens with one attached hydrogen (secondary N) is 1. The molecule has 1 aromatic carbocycles. The van der Waals surface area contributed by atoms with E-state index in [0.29, 0.717) is 25.6 Å². The minimum atomic E-state index is -0.176. The maximum absolute atomic E-state index is 12.3. The number of aromatic nitrogens is 1. The second-order valence-corrected chi connectivity index (χ2v) is 10.6. The molecule has 37 heavy (non-hydrogen) atoms. The van der Waals surface area contributed by atoms with Gasteiger partial charge in [-0.15, -0.1) is 0 Å². The maximum atomic E-state index is 12.3. The molecule has 2 aromatic rings. The third kappa shape index (κ3) is 8.44. The molecule has 0 amide bonds. The van der Waals surface area contributed by atoms with Crippen LogP contribution >= 0.6 is 0 Å². The van der Waals surface area contributed by atoms with Gasteiger partial charge in [0.25, 0.3) is 0 Å². The lowest BCUT2D eigenvalue weighted by atomic mass is 9.94. The molecule has 2 aliphatic heterocycles. The molecule has 202 valence electrons. The summed E-state index contributed by atoms with van der Waals surface area (Å²) in [7, 11) is 1.46. The fourth-order valence-electron chi connectivity index (χ4n) is 5.36. The van der Waals surface area contributed by atoms with Crippen LogP contribution in [0.3, 0.4) is 0 Å². The number of esters is 1. The first-order chi connectivity index (χ1) is 18.0. The monoisotopic (exact) mass is 509 g/mol. The van der Waals surface area contributed by atoms with Gasteiger partial charge in [-0.1, -0.05) is 18.2 Å². The van der Waals surface area contributed by atoms with E-state index in [9.17, 15) is 4.79 Å². The number of aryl methyl sites for hydroxylation is 2. The Hall–Kier alpha value is -2.64. The Kier molecular flexibility index (Phi) is 10.2. The number of ether oxygens (including phenoxy) is 3. The summed E-state index contributed by atoms with van der Waals surface area (Å²) in [6.07, 6.45) is 6.21. The summed E-state index contributed by atoms with van der Waals surface area (Å²) in [4.78, 5) is 19.6. The van der Waals surface area contributed by atoms with E-state index in [4.69, 9.17) is 19.2 Å². The van der Waals surface area contributed by atoms with E-state index in [-0.39, 0.29) is 18.0 Å². The van der Waals surface area contributed by atoms with Crippen molar-refractivity contribution >= 4 is 11.8 Å². The van der Waals surface area contributed by atoms with Crippen molar-refractivity contribution in [3.8, 4) is 5.75 Å². The van der Waals surface area contributed by atoms with Crippen LogP contribution in [0.25, 0.3) is 0 Å². The Bertz CT molecular complexity index is 1010. The number of methoxy groups -OCH3 is 1. The molecule has 1 fully saturated rings. The van der Waals surface area contributed by atoms with Crippen LogP contribution in [-0.4, -0.2) is 68.5 Å². The highest BCUT2D eigenvalue weighted by molar-refractivity contribution is 5.70. The van der Waals surface area contributed by atoms with E-state index < -0.39 is 0 Å². The van der Waals surface area contributed by atoms with Gasteiger partial charge in [-0.3, -0.25) is 4.79 Å². The summed E-state index contributed by atoms with van der Waals surface area (Å²) in [5, 5.41) is 3.45. The van der Waals surface area contributed by atoms with Gasteiger partial charge < -0.3 is 24.4 Å². The molecule has 0 radical (unpaired) electrons. The number of likely N-dealkylation sites (tertiary alicyclic amines) is 1. The average molecular weight is 510 g/mol. The van der Waals surface area contributed by atoms with Crippen LogP contribution in [0.15, 0.2) is 36.4 Å². The molecule has 1 saturated heterocycles. The van der Waals surface area contributed by atoms with Gasteiger partial charge in [0.15, 0.2) is 0 Å². The molecule has 2 aliphatic rings. The third-order valence-electron chi connectivity index (χ3n) is 7.38. The number of pyridine rings is 1. The smallest absolute Gasteiger partial charge is 0.306 e. The Morgan fingerprint density at radius 2 is 2.11 bits per heavy atom. The van der Waals surface area contributed by atoms with Crippen molar-refractivity contribution in [2.45, 2.75) is 64.4 Å². The molecular formula is C30H43N3O4. The Morgan fingerprint density at radius 1 is 1.22 bits per heavy atom. The van der Waals surface area contributed by atoms with Crippen LogP contribution in [0.5, 0.6) is 5.75 Å². The molecule has 1 N–H and O–H groups in total. The lowest BCUT2D eigenvalue weighted by molar-refractivity contribution is -0.141. The first kappa shape index (κ1) is 27.4. The highest BCUT2D eigenvalue weighted by atomic mass is 16.5. The van der Waals surface area contributed by atoms with E-state index in [1.54, 1.807) is 0 Å². The van der Waals surface area contributed by atoms with Gasteiger partial charge in [-0.25, -0.2) is 4.98 Å². The van der Waals surface area contributed by atoms with Gasteiger partial charge >= 0.3 is 5.97 Å². The zero-order valence-corrected chi connectivity index (χ0v) is 22.7. The Morgan fingerprint density at radius 3 is 2.95 bits per heavy atom. The van der Waals surface area contributed by atoms with Gasteiger partial charge in [0.05, 0.1) is 26.2 Å². The van der Waals surface area contributed by atoms with Crippen LogP contribution in [0, 0.1) is 5.92 Å². The van der Waals surface area contributed by atoms with Gasteiger partial charge in [-0.2, -0.15) is 0 Å². The fourth-order valence-corrected chi connectivity index (χ4v) is 5.36.